The summed E-state index contributed by atoms with van der Waals surface area (Å²) in [7, 11) is -3.79. The Balaban J connectivity index is 1.89. The molecule has 1 aromatic heterocycles. The fourth-order valence-corrected chi connectivity index (χ4v) is 3.82. The number of hydrogen-bond donors (Lipinski definition) is 3. The zero-order chi connectivity index (χ0) is 20.1. The van der Waals surface area contributed by atoms with Crippen LogP contribution in [0.2, 0.25) is 0 Å². The molecule has 0 aliphatic carbocycles. The number of nitrogens with two attached hydrogens (primary N) is 1. The van der Waals surface area contributed by atoms with Gasteiger partial charge in [0.15, 0.2) is 5.13 Å². The van der Waals surface area contributed by atoms with Crippen LogP contribution in [0, 0.1) is 0 Å². The van der Waals surface area contributed by atoms with E-state index in [1.54, 1.807) is 6.08 Å². The second-order valence-corrected chi connectivity index (χ2v) is 8.32. The molecule has 0 fully saturated rings. The Kier molecular flexibility index (Phi) is 5.88. The van der Waals surface area contributed by atoms with Crippen LogP contribution in [0.5, 0.6) is 0 Å². The van der Waals surface area contributed by atoms with Crippen molar-refractivity contribution >= 4 is 38.1 Å². The van der Waals surface area contributed by atoms with Crippen molar-refractivity contribution in [3.8, 4) is 11.3 Å². The zero-order valence-electron chi connectivity index (χ0n) is 14.8. The number of nitrogens with zero attached hydrogens (tertiary/aromatic N) is 1. The zero-order valence-corrected chi connectivity index (χ0v) is 16.4. The molecule has 0 radical (unpaired) electrons. The van der Waals surface area contributed by atoms with Crippen LogP contribution in [-0.2, 0) is 10.0 Å². The average molecular weight is 415 g/mol. The van der Waals surface area contributed by atoms with Gasteiger partial charge in [-0.3, -0.25) is 4.79 Å². The molecule has 2 aromatic carbocycles. The molecule has 0 aliphatic heterocycles. The number of aromatic nitrogens is 1. The van der Waals surface area contributed by atoms with Crippen LogP contribution < -0.4 is 15.8 Å². The standard InChI is InChI=1S/C19H18N4O3S2/c1-2-12-21-19-23-16(13-6-4-3-5-7-13)17(27-19)18(24)22-14-8-10-15(11-9-14)28(20,25)26/h2-11H,1,12H2,(H,21,23)(H,22,24)(H2,20,25,26). The number of carbonyl (C=O) groups is 1. The normalized spacial score (nSPS) is 11.0. The highest BCUT2D eigenvalue weighted by molar-refractivity contribution is 7.89. The van der Waals surface area contributed by atoms with Crippen LogP contribution in [0.3, 0.4) is 0 Å². The highest BCUT2D eigenvalue weighted by Gasteiger charge is 2.20. The smallest absolute Gasteiger partial charge is 0.268 e. The molecule has 1 amide bonds. The molecule has 1 heterocycles. The van der Waals surface area contributed by atoms with Gasteiger partial charge < -0.3 is 10.6 Å². The minimum absolute atomic E-state index is 0.0239. The van der Waals surface area contributed by atoms with Crippen LogP contribution in [0.4, 0.5) is 10.8 Å². The van der Waals surface area contributed by atoms with Crippen LogP contribution in [0.1, 0.15) is 9.67 Å². The van der Waals surface area contributed by atoms with Crippen LogP contribution in [0.25, 0.3) is 11.3 Å². The maximum absolute atomic E-state index is 12.8. The largest absolute Gasteiger partial charge is 0.358 e. The number of anilines is 2. The van der Waals surface area contributed by atoms with E-state index in [0.29, 0.717) is 27.9 Å². The van der Waals surface area contributed by atoms with Gasteiger partial charge in [-0.15, -0.1) is 6.58 Å². The van der Waals surface area contributed by atoms with Crippen molar-refractivity contribution in [2.75, 3.05) is 17.2 Å². The van der Waals surface area contributed by atoms with Gasteiger partial charge in [0.1, 0.15) is 4.88 Å². The molecule has 0 unspecified atom stereocenters. The number of primary sulfonamides is 1. The van der Waals surface area contributed by atoms with Gasteiger partial charge in [-0.1, -0.05) is 47.7 Å². The molecular formula is C19H18N4O3S2. The van der Waals surface area contributed by atoms with Crippen molar-refractivity contribution in [3.63, 3.8) is 0 Å². The first-order chi connectivity index (χ1) is 13.4. The Morgan fingerprint density at radius 2 is 1.82 bits per heavy atom. The number of carbonyl (C=O) groups excluding carboxylic acids is 1. The highest BCUT2D eigenvalue weighted by Crippen LogP contribution is 2.31. The molecular weight excluding hydrogens is 396 g/mol. The third-order valence-electron chi connectivity index (χ3n) is 3.72. The Labute approximate surface area is 167 Å². The third-order valence-corrected chi connectivity index (χ3v) is 5.66. The summed E-state index contributed by atoms with van der Waals surface area (Å²) in [5.74, 6) is -0.341. The maximum atomic E-state index is 12.8. The first-order valence-electron chi connectivity index (χ1n) is 8.23. The molecule has 9 heteroatoms. The van der Waals surface area contributed by atoms with E-state index in [0.717, 1.165) is 5.56 Å². The molecule has 144 valence electrons. The lowest BCUT2D eigenvalue weighted by atomic mass is 10.1. The van der Waals surface area contributed by atoms with Gasteiger partial charge in [-0.2, -0.15) is 0 Å². The molecule has 0 aliphatic rings. The van der Waals surface area contributed by atoms with E-state index in [2.05, 4.69) is 22.2 Å². The molecule has 0 bridgehead atoms. The van der Waals surface area contributed by atoms with Gasteiger partial charge in [0.05, 0.1) is 10.6 Å². The van der Waals surface area contributed by atoms with Gasteiger partial charge >= 0.3 is 0 Å². The molecule has 3 rings (SSSR count). The molecule has 28 heavy (non-hydrogen) atoms. The second kappa shape index (κ2) is 8.34. The molecule has 0 saturated carbocycles. The first kappa shape index (κ1) is 19.7. The van der Waals surface area contributed by atoms with Crippen molar-refractivity contribution in [3.05, 3.63) is 72.1 Å². The minimum atomic E-state index is -3.79. The van der Waals surface area contributed by atoms with Crippen molar-refractivity contribution < 1.29 is 13.2 Å². The summed E-state index contributed by atoms with van der Waals surface area (Å²) in [6.07, 6.45) is 1.70. The average Bonchev–Trinajstić information content (AvgIpc) is 3.11. The van der Waals surface area contributed by atoms with Gasteiger partial charge in [0.2, 0.25) is 10.0 Å². The lowest BCUT2D eigenvalue weighted by Gasteiger charge is -2.06. The summed E-state index contributed by atoms with van der Waals surface area (Å²) in [5.41, 5.74) is 1.83. The highest BCUT2D eigenvalue weighted by atomic mass is 32.2. The Morgan fingerprint density at radius 1 is 1.14 bits per heavy atom. The summed E-state index contributed by atoms with van der Waals surface area (Å²) in [4.78, 5) is 17.8. The number of rotatable bonds is 7. The topological polar surface area (TPSA) is 114 Å². The number of amides is 1. The number of benzene rings is 2. The Morgan fingerprint density at radius 3 is 2.43 bits per heavy atom. The number of hydrogen-bond acceptors (Lipinski definition) is 6. The van der Waals surface area contributed by atoms with Crippen molar-refractivity contribution in [2.24, 2.45) is 5.14 Å². The minimum Gasteiger partial charge on any atom is -0.358 e. The van der Waals surface area contributed by atoms with Crippen LogP contribution in [0.15, 0.2) is 72.1 Å². The Bertz CT molecular complexity index is 1090. The molecule has 3 aromatic rings. The molecule has 0 saturated heterocycles. The van der Waals surface area contributed by atoms with Gasteiger partial charge in [0, 0.05) is 17.8 Å². The van der Waals surface area contributed by atoms with Gasteiger partial charge in [-0.05, 0) is 24.3 Å². The monoisotopic (exact) mass is 414 g/mol. The van der Waals surface area contributed by atoms with E-state index in [1.807, 2.05) is 30.3 Å². The van der Waals surface area contributed by atoms with E-state index in [4.69, 9.17) is 5.14 Å². The van der Waals surface area contributed by atoms with E-state index in [-0.39, 0.29) is 10.8 Å². The fraction of sp³-hybridized carbons (Fsp3) is 0.0526. The third kappa shape index (κ3) is 4.63. The molecule has 0 spiro atoms. The van der Waals surface area contributed by atoms with E-state index >= 15 is 0 Å². The van der Waals surface area contributed by atoms with Crippen molar-refractivity contribution in [1.29, 1.82) is 0 Å². The van der Waals surface area contributed by atoms with Crippen molar-refractivity contribution in [1.82, 2.24) is 4.98 Å². The number of nitrogens with one attached hydrogen (secondary N) is 2. The number of sulfonamides is 1. The van der Waals surface area contributed by atoms with Crippen LogP contribution >= 0.6 is 11.3 Å². The second-order valence-electron chi connectivity index (χ2n) is 5.76. The predicted octanol–water partition coefficient (Wildman–Crippen LogP) is 3.31. The lowest BCUT2D eigenvalue weighted by Crippen LogP contribution is -2.13. The predicted molar refractivity (Wildman–Crippen MR) is 112 cm³/mol. The van der Waals surface area contributed by atoms with Gasteiger partial charge in [0.25, 0.3) is 5.91 Å². The molecule has 4 N–H and O–H groups in total. The SMILES string of the molecule is C=CCNc1nc(-c2ccccc2)c(C(=O)Nc2ccc(S(N)(=O)=O)cc2)s1. The molecule has 7 nitrogen and oxygen atoms in total. The Hall–Kier alpha value is -3.01. The summed E-state index contributed by atoms with van der Waals surface area (Å²) in [5, 5.41) is 11.6. The summed E-state index contributed by atoms with van der Waals surface area (Å²) < 4.78 is 22.7. The summed E-state index contributed by atoms with van der Waals surface area (Å²) in [6, 6.07) is 15.0. The summed E-state index contributed by atoms with van der Waals surface area (Å²) >= 11 is 1.23. The van der Waals surface area contributed by atoms with E-state index in [9.17, 15) is 13.2 Å². The fourth-order valence-electron chi connectivity index (χ4n) is 2.42. The first-order valence-corrected chi connectivity index (χ1v) is 10.6. The lowest BCUT2D eigenvalue weighted by molar-refractivity contribution is 0.103. The quantitative estimate of drug-likeness (QED) is 0.513. The van der Waals surface area contributed by atoms with Crippen LogP contribution in [-0.4, -0.2) is 25.9 Å². The summed E-state index contributed by atoms with van der Waals surface area (Å²) in [6.45, 7) is 4.19. The van der Waals surface area contributed by atoms with E-state index in [1.165, 1.54) is 35.6 Å². The maximum Gasteiger partial charge on any atom is 0.268 e. The van der Waals surface area contributed by atoms with Crippen molar-refractivity contribution in [2.45, 2.75) is 4.90 Å². The van der Waals surface area contributed by atoms with E-state index < -0.39 is 10.0 Å². The van der Waals surface area contributed by atoms with Gasteiger partial charge in [-0.25, -0.2) is 18.5 Å². The number of thiazole rings is 1. The molecule has 0 atom stereocenters.